The van der Waals surface area contributed by atoms with Gasteiger partial charge in [0.2, 0.25) is 65.0 Å². The van der Waals surface area contributed by atoms with E-state index in [0.29, 0.717) is 0 Å². The summed E-state index contributed by atoms with van der Waals surface area (Å²) in [5, 5.41) is 20.6. The maximum absolute atomic E-state index is 13.6. The van der Waals surface area contributed by atoms with Crippen molar-refractivity contribution in [3.8, 4) is 0 Å². The number of hydrogen-bond donors (Lipinski definition) is 13. The third-order valence-electron chi connectivity index (χ3n) is 7.58. The zero-order valence-electron chi connectivity index (χ0n) is 29.8. The summed E-state index contributed by atoms with van der Waals surface area (Å²) < 4.78 is 0. The second kappa shape index (κ2) is 24.8. The maximum atomic E-state index is 13.6. The molecule has 55 heavy (non-hydrogen) atoms. The Morgan fingerprint density at radius 2 is 0.545 bits per heavy atom. The lowest BCUT2D eigenvalue weighted by atomic mass is 10.0. The Morgan fingerprint density at radius 3 is 0.782 bits per heavy atom. The molecule has 0 aromatic heterocycles. The van der Waals surface area contributed by atoms with Crippen LogP contribution in [0.5, 0.6) is 0 Å². The van der Waals surface area contributed by atoms with Crippen LogP contribution >= 0.6 is 0 Å². The Hall–Kier alpha value is -6.40. The van der Waals surface area contributed by atoms with E-state index >= 15 is 0 Å². The van der Waals surface area contributed by atoms with Gasteiger partial charge in [-0.1, -0.05) is 0 Å². The molecule has 20 N–H and O–H groups in total. The minimum Gasteiger partial charge on any atom is -0.480 e. The molecule has 0 unspecified atom stereocenters. The molecule has 0 aliphatic carbocycles. The van der Waals surface area contributed by atoms with Crippen molar-refractivity contribution in [2.75, 3.05) is 0 Å². The van der Waals surface area contributed by atoms with Crippen LogP contribution in [0.2, 0.25) is 0 Å². The molecule has 11 amide bonds. The summed E-state index contributed by atoms with van der Waals surface area (Å²) in [6, 6.07) is -9.60. The molecule has 0 aliphatic rings. The van der Waals surface area contributed by atoms with Crippen molar-refractivity contribution in [1.82, 2.24) is 26.6 Å². The number of hydrogen-bond acceptors (Lipinski definition) is 13. The number of primary amides is 6. The van der Waals surface area contributed by atoms with Crippen LogP contribution in [-0.2, 0) is 57.5 Å². The molecular weight excluding hydrogens is 736 g/mol. The molecule has 0 rings (SSSR count). The summed E-state index contributed by atoms with van der Waals surface area (Å²) in [7, 11) is 0. The van der Waals surface area contributed by atoms with Crippen LogP contribution in [0.3, 0.4) is 0 Å². The van der Waals surface area contributed by atoms with Gasteiger partial charge in [0.25, 0.3) is 0 Å². The van der Waals surface area contributed by atoms with Gasteiger partial charge in [-0.2, -0.15) is 0 Å². The van der Waals surface area contributed by atoms with Crippen molar-refractivity contribution in [3.63, 3.8) is 0 Å². The fourth-order valence-electron chi connectivity index (χ4n) is 4.56. The predicted molar refractivity (Wildman–Crippen MR) is 186 cm³/mol. The van der Waals surface area contributed by atoms with Crippen LogP contribution in [0.4, 0.5) is 0 Å². The highest BCUT2D eigenvalue weighted by molar-refractivity contribution is 5.97. The number of carbonyl (C=O) groups excluding carboxylic acids is 11. The Kier molecular flexibility index (Phi) is 21.9. The van der Waals surface area contributed by atoms with Gasteiger partial charge in [-0.25, -0.2) is 4.79 Å². The van der Waals surface area contributed by atoms with Gasteiger partial charge in [-0.15, -0.1) is 0 Å². The Bertz CT molecular complexity index is 1470. The molecule has 0 saturated carbocycles. The van der Waals surface area contributed by atoms with Crippen molar-refractivity contribution < 1.29 is 62.6 Å². The van der Waals surface area contributed by atoms with Crippen LogP contribution < -0.4 is 66.7 Å². The molecule has 0 heterocycles. The molecule has 0 aromatic rings. The molecule has 0 aliphatic heterocycles. The third-order valence-corrected chi connectivity index (χ3v) is 7.58. The second-order valence-electron chi connectivity index (χ2n) is 12.3. The minimum atomic E-state index is -1.71. The quantitative estimate of drug-likeness (QED) is 0.0335. The number of carbonyl (C=O) groups is 12. The van der Waals surface area contributed by atoms with E-state index in [-0.39, 0.29) is 12.8 Å². The normalized spacial score (nSPS) is 13.9. The molecule has 0 bridgehead atoms. The lowest BCUT2D eigenvalue weighted by Crippen LogP contribution is -2.59. The molecule has 0 aromatic carbocycles. The zero-order valence-corrected chi connectivity index (χ0v) is 29.8. The molecule has 25 heteroatoms. The first-order valence-electron chi connectivity index (χ1n) is 16.7. The SMILES string of the molecule is NC(=O)CC[C@@H](N)C(=O)N[C@H](CCC(N)=O)C(=O)N[C@H](CCC(N)=O)C(=O)N[C@H](CCC(N)=O)C(=O)N[C@H](CCC(N)=O)C(=O)N[C@H](CCC(N)=O)C(=O)O. The number of amides is 11. The van der Waals surface area contributed by atoms with E-state index in [1.54, 1.807) is 0 Å². The topological polar surface area (TPSA) is 467 Å². The average molecular weight is 787 g/mol. The molecule has 0 saturated heterocycles. The summed E-state index contributed by atoms with van der Waals surface area (Å²) in [6.07, 6.45) is -5.20. The molecule has 308 valence electrons. The van der Waals surface area contributed by atoms with E-state index in [2.05, 4.69) is 26.6 Å². The molecular formula is C30H50N12O13. The van der Waals surface area contributed by atoms with Gasteiger partial charge in [0, 0.05) is 38.5 Å². The first kappa shape index (κ1) is 48.6. The van der Waals surface area contributed by atoms with Crippen molar-refractivity contribution >= 4 is 70.9 Å². The molecule has 0 spiro atoms. The number of aliphatic carboxylic acids is 1. The highest BCUT2D eigenvalue weighted by Gasteiger charge is 2.33. The highest BCUT2D eigenvalue weighted by Crippen LogP contribution is 2.08. The summed E-state index contributed by atoms with van der Waals surface area (Å²) in [5.41, 5.74) is 36.7. The van der Waals surface area contributed by atoms with E-state index in [1.807, 2.05) is 0 Å². The fraction of sp³-hybridized carbons (Fsp3) is 0.600. The lowest BCUT2D eigenvalue weighted by Gasteiger charge is -2.27. The predicted octanol–water partition coefficient (Wildman–Crippen LogP) is -7.58. The summed E-state index contributed by atoms with van der Waals surface area (Å²) in [6.45, 7) is 0. The van der Waals surface area contributed by atoms with Gasteiger partial charge in [-0.05, 0) is 38.5 Å². The van der Waals surface area contributed by atoms with E-state index in [1.165, 1.54) is 0 Å². The minimum absolute atomic E-state index is 0.204. The number of nitrogens with two attached hydrogens (primary N) is 7. The van der Waals surface area contributed by atoms with E-state index < -0.39 is 171 Å². The maximum Gasteiger partial charge on any atom is 0.326 e. The van der Waals surface area contributed by atoms with Crippen LogP contribution in [-0.4, -0.2) is 112 Å². The van der Waals surface area contributed by atoms with Crippen molar-refractivity contribution in [3.05, 3.63) is 0 Å². The Morgan fingerprint density at radius 1 is 0.345 bits per heavy atom. The van der Waals surface area contributed by atoms with Crippen LogP contribution in [0, 0.1) is 0 Å². The largest absolute Gasteiger partial charge is 0.480 e. The Labute approximate surface area is 313 Å². The van der Waals surface area contributed by atoms with Crippen molar-refractivity contribution in [2.24, 2.45) is 40.1 Å². The molecule has 0 fully saturated rings. The summed E-state index contributed by atoms with van der Waals surface area (Å²) in [4.78, 5) is 146. The van der Waals surface area contributed by atoms with Crippen LogP contribution in [0.15, 0.2) is 0 Å². The van der Waals surface area contributed by atoms with Gasteiger partial charge >= 0.3 is 5.97 Å². The number of rotatable bonds is 29. The van der Waals surface area contributed by atoms with E-state index in [0.717, 1.165) is 0 Å². The van der Waals surface area contributed by atoms with Crippen LogP contribution in [0.1, 0.15) is 77.0 Å². The van der Waals surface area contributed by atoms with Gasteiger partial charge in [-0.3, -0.25) is 52.7 Å². The Balaban J connectivity index is 6.41. The fourth-order valence-corrected chi connectivity index (χ4v) is 4.56. The van der Waals surface area contributed by atoms with E-state index in [9.17, 15) is 62.6 Å². The summed E-state index contributed by atoms with van der Waals surface area (Å²) in [5.74, 6) is -12.3. The smallest absolute Gasteiger partial charge is 0.326 e. The lowest BCUT2D eigenvalue weighted by molar-refractivity contribution is -0.143. The monoisotopic (exact) mass is 786 g/mol. The van der Waals surface area contributed by atoms with Gasteiger partial charge in [0.1, 0.15) is 30.2 Å². The van der Waals surface area contributed by atoms with Gasteiger partial charge in [0.05, 0.1) is 6.04 Å². The number of nitrogens with one attached hydrogen (secondary N) is 5. The first-order chi connectivity index (χ1) is 25.5. The average Bonchev–Trinajstić information content (AvgIpc) is 3.07. The molecule has 6 atom stereocenters. The first-order valence-corrected chi connectivity index (χ1v) is 16.7. The van der Waals surface area contributed by atoms with Crippen LogP contribution in [0.25, 0.3) is 0 Å². The zero-order chi connectivity index (χ0) is 42.4. The number of carboxylic acid groups (broad SMARTS) is 1. The van der Waals surface area contributed by atoms with Crippen molar-refractivity contribution in [1.29, 1.82) is 0 Å². The second-order valence-corrected chi connectivity index (χ2v) is 12.3. The van der Waals surface area contributed by atoms with Gasteiger partial charge in [0.15, 0.2) is 0 Å². The number of carboxylic acids is 1. The van der Waals surface area contributed by atoms with Crippen molar-refractivity contribution in [2.45, 2.75) is 113 Å². The molecule has 25 nitrogen and oxygen atoms in total. The van der Waals surface area contributed by atoms with E-state index in [4.69, 9.17) is 40.1 Å². The highest BCUT2D eigenvalue weighted by atomic mass is 16.4. The summed E-state index contributed by atoms with van der Waals surface area (Å²) >= 11 is 0. The van der Waals surface area contributed by atoms with Gasteiger partial charge < -0.3 is 71.8 Å². The standard InChI is InChI=1S/C30H50N12O13/c31-13(1-7-19(32)43)25(49)38-14(2-8-20(33)44)26(50)39-15(3-9-21(34)45)27(51)40-16(4-10-22(35)46)28(52)41-17(5-11-23(36)47)29(53)42-18(30(54)55)6-12-24(37)48/h13-18H,1-12,31H2,(H2,32,43)(H2,33,44)(H2,34,45)(H2,35,46)(H2,36,47)(H2,37,48)(H,38,49)(H,39,50)(H,40,51)(H,41,52)(H,42,53)(H,54,55)/t13-,14-,15-,16-,17-,18-/m1/s1. The third kappa shape index (κ3) is 21.7. The molecule has 0 radical (unpaired) electrons.